The van der Waals surface area contributed by atoms with Gasteiger partial charge in [0.1, 0.15) is 0 Å². The highest BCUT2D eigenvalue weighted by Crippen LogP contribution is 2.18. The van der Waals surface area contributed by atoms with E-state index in [0.29, 0.717) is 17.9 Å². The first-order valence-electron chi connectivity index (χ1n) is 3.32. The molecule has 0 aromatic carbocycles. The summed E-state index contributed by atoms with van der Waals surface area (Å²) >= 11 is 0. The number of hydrogen-bond acceptors (Lipinski definition) is 2. The molecule has 9 heavy (non-hydrogen) atoms. The number of hydrogen-bond donors (Lipinski definition) is 1. The molecule has 1 aliphatic heterocycles. The van der Waals surface area contributed by atoms with Crippen molar-refractivity contribution in [2.75, 3.05) is 0 Å². The zero-order valence-corrected chi connectivity index (χ0v) is 5.92. The van der Waals surface area contributed by atoms with Gasteiger partial charge in [-0.05, 0) is 25.3 Å². The largest absolute Gasteiger partial charge is 0.477 e. The van der Waals surface area contributed by atoms with Crippen LogP contribution in [0.25, 0.3) is 0 Å². The summed E-state index contributed by atoms with van der Waals surface area (Å²) in [7, 11) is 0. The monoisotopic (exact) mass is 127 g/mol. The van der Waals surface area contributed by atoms with E-state index in [0.717, 1.165) is 6.42 Å². The van der Waals surface area contributed by atoms with E-state index < -0.39 is 0 Å². The van der Waals surface area contributed by atoms with Crippen molar-refractivity contribution in [2.45, 2.75) is 26.4 Å². The second-order valence-electron chi connectivity index (χ2n) is 2.71. The molecule has 0 spiro atoms. The van der Waals surface area contributed by atoms with Crippen LogP contribution in [0.2, 0.25) is 0 Å². The fourth-order valence-electron chi connectivity index (χ4n) is 1.19. The summed E-state index contributed by atoms with van der Waals surface area (Å²) in [5, 5.41) is 0. The lowest BCUT2D eigenvalue weighted by Crippen LogP contribution is -2.21. The Balaban J connectivity index is 2.56. The van der Waals surface area contributed by atoms with E-state index in [2.05, 4.69) is 6.92 Å². The van der Waals surface area contributed by atoms with Gasteiger partial charge in [0.2, 0.25) is 0 Å². The van der Waals surface area contributed by atoms with Gasteiger partial charge in [-0.25, -0.2) is 0 Å². The SMILES string of the molecule is CC1C=C(N)OC(C)C1. The second kappa shape index (κ2) is 2.29. The lowest BCUT2D eigenvalue weighted by Gasteiger charge is -2.22. The minimum absolute atomic E-state index is 0.296. The molecule has 0 saturated heterocycles. The molecule has 0 aliphatic carbocycles. The molecule has 1 aliphatic rings. The summed E-state index contributed by atoms with van der Waals surface area (Å²) in [6.07, 6.45) is 3.34. The first kappa shape index (κ1) is 6.46. The number of allylic oxidation sites excluding steroid dienone is 1. The molecule has 1 heterocycles. The molecule has 2 atom stereocenters. The van der Waals surface area contributed by atoms with Gasteiger partial charge in [-0.2, -0.15) is 0 Å². The van der Waals surface area contributed by atoms with Crippen molar-refractivity contribution < 1.29 is 4.74 Å². The minimum atomic E-state index is 0.296. The summed E-state index contributed by atoms with van der Waals surface area (Å²) in [4.78, 5) is 0. The van der Waals surface area contributed by atoms with Crippen molar-refractivity contribution in [3.05, 3.63) is 12.0 Å². The van der Waals surface area contributed by atoms with E-state index in [1.165, 1.54) is 0 Å². The molecule has 0 fully saturated rings. The smallest absolute Gasteiger partial charge is 0.180 e. The molecule has 2 N–H and O–H groups in total. The summed E-state index contributed by atoms with van der Waals surface area (Å²) in [6.45, 7) is 4.18. The van der Waals surface area contributed by atoms with Gasteiger partial charge in [0, 0.05) is 0 Å². The molecule has 1 rings (SSSR count). The van der Waals surface area contributed by atoms with Crippen molar-refractivity contribution in [2.24, 2.45) is 11.7 Å². The zero-order valence-electron chi connectivity index (χ0n) is 5.92. The van der Waals surface area contributed by atoms with Gasteiger partial charge in [0.15, 0.2) is 5.88 Å². The maximum absolute atomic E-state index is 5.45. The van der Waals surface area contributed by atoms with Crippen LogP contribution in [0.4, 0.5) is 0 Å². The fraction of sp³-hybridized carbons (Fsp3) is 0.714. The summed E-state index contributed by atoms with van der Waals surface area (Å²) < 4.78 is 5.20. The van der Waals surface area contributed by atoms with E-state index in [1.54, 1.807) is 0 Å². The quantitative estimate of drug-likeness (QED) is 0.531. The number of nitrogens with two attached hydrogens (primary N) is 1. The number of ether oxygens (including phenoxy) is 1. The highest BCUT2D eigenvalue weighted by Gasteiger charge is 2.14. The Morgan fingerprint density at radius 1 is 1.67 bits per heavy atom. The van der Waals surface area contributed by atoms with Crippen LogP contribution in [0.3, 0.4) is 0 Å². The molecule has 2 heteroatoms. The van der Waals surface area contributed by atoms with Crippen LogP contribution in [0.5, 0.6) is 0 Å². The molecule has 2 unspecified atom stereocenters. The third-order valence-electron chi connectivity index (χ3n) is 1.49. The standard InChI is InChI=1S/C7H13NO/c1-5-3-6(2)9-7(8)4-5/h4-6H,3,8H2,1-2H3. The molecule has 0 radical (unpaired) electrons. The Kier molecular flexibility index (Phi) is 1.65. The van der Waals surface area contributed by atoms with Crippen LogP contribution < -0.4 is 5.73 Å². The molecular weight excluding hydrogens is 114 g/mol. The van der Waals surface area contributed by atoms with Crippen LogP contribution in [-0.4, -0.2) is 6.10 Å². The van der Waals surface area contributed by atoms with Gasteiger partial charge < -0.3 is 10.5 Å². The van der Waals surface area contributed by atoms with Gasteiger partial charge in [-0.1, -0.05) is 6.92 Å². The van der Waals surface area contributed by atoms with Gasteiger partial charge >= 0.3 is 0 Å². The van der Waals surface area contributed by atoms with Crippen molar-refractivity contribution in [3.8, 4) is 0 Å². The van der Waals surface area contributed by atoms with Crippen LogP contribution >= 0.6 is 0 Å². The summed E-state index contributed by atoms with van der Waals surface area (Å²) in [5.41, 5.74) is 5.45. The molecule has 0 amide bonds. The first-order valence-corrected chi connectivity index (χ1v) is 3.32. The van der Waals surface area contributed by atoms with Gasteiger partial charge in [-0.15, -0.1) is 0 Å². The van der Waals surface area contributed by atoms with Crippen LogP contribution in [0.1, 0.15) is 20.3 Å². The zero-order chi connectivity index (χ0) is 6.85. The van der Waals surface area contributed by atoms with Crippen LogP contribution in [0.15, 0.2) is 12.0 Å². The maximum Gasteiger partial charge on any atom is 0.180 e. The van der Waals surface area contributed by atoms with Crippen molar-refractivity contribution in [3.63, 3.8) is 0 Å². The topological polar surface area (TPSA) is 35.2 Å². The lowest BCUT2D eigenvalue weighted by atomic mass is 10.0. The third kappa shape index (κ3) is 1.63. The Morgan fingerprint density at radius 2 is 2.33 bits per heavy atom. The average molecular weight is 127 g/mol. The predicted octanol–water partition coefficient (Wildman–Crippen LogP) is 1.23. The van der Waals surface area contributed by atoms with Crippen LogP contribution in [0, 0.1) is 5.92 Å². The van der Waals surface area contributed by atoms with Gasteiger partial charge in [-0.3, -0.25) is 0 Å². The third-order valence-corrected chi connectivity index (χ3v) is 1.49. The van der Waals surface area contributed by atoms with Crippen LogP contribution in [-0.2, 0) is 4.74 Å². The Bertz CT molecular complexity index is 131. The highest BCUT2D eigenvalue weighted by molar-refractivity contribution is 4.95. The molecule has 0 bridgehead atoms. The van der Waals surface area contributed by atoms with E-state index >= 15 is 0 Å². The molecule has 2 nitrogen and oxygen atoms in total. The second-order valence-corrected chi connectivity index (χ2v) is 2.71. The summed E-state index contributed by atoms with van der Waals surface area (Å²) in [5.74, 6) is 1.16. The highest BCUT2D eigenvalue weighted by atomic mass is 16.5. The van der Waals surface area contributed by atoms with Crippen molar-refractivity contribution in [1.29, 1.82) is 0 Å². The lowest BCUT2D eigenvalue weighted by molar-refractivity contribution is 0.0944. The van der Waals surface area contributed by atoms with Crippen molar-refractivity contribution >= 4 is 0 Å². The molecule has 0 saturated carbocycles. The summed E-state index contributed by atoms with van der Waals surface area (Å²) in [6, 6.07) is 0. The van der Waals surface area contributed by atoms with E-state index in [-0.39, 0.29) is 0 Å². The number of rotatable bonds is 0. The van der Waals surface area contributed by atoms with E-state index in [1.807, 2.05) is 13.0 Å². The maximum atomic E-state index is 5.45. The Hall–Kier alpha value is -0.660. The fourth-order valence-corrected chi connectivity index (χ4v) is 1.19. The minimum Gasteiger partial charge on any atom is -0.477 e. The first-order chi connectivity index (χ1) is 4.18. The Labute approximate surface area is 55.7 Å². The Morgan fingerprint density at radius 3 is 2.78 bits per heavy atom. The van der Waals surface area contributed by atoms with Gasteiger partial charge in [0.25, 0.3) is 0 Å². The molecule has 0 aromatic heterocycles. The van der Waals surface area contributed by atoms with Gasteiger partial charge in [0.05, 0.1) is 6.10 Å². The van der Waals surface area contributed by atoms with E-state index in [9.17, 15) is 0 Å². The molecule has 0 aromatic rings. The van der Waals surface area contributed by atoms with E-state index in [4.69, 9.17) is 10.5 Å². The van der Waals surface area contributed by atoms with Crippen molar-refractivity contribution in [1.82, 2.24) is 0 Å². The predicted molar refractivity (Wildman–Crippen MR) is 36.6 cm³/mol. The average Bonchev–Trinajstić information content (AvgIpc) is 1.59. The molecule has 52 valence electrons. The molecular formula is C7H13NO. The normalized spacial score (nSPS) is 35.1.